The van der Waals surface area contributed by atoms with Gasteiger partial charge in [0.05, 0.1) is 22.5 Å². The first kappa shape index (κ1) is 32.9. The van der Waals surface area contributed by atoms with Gasteiger partial charge in [0.15, 0.2) is 0 Å². The molecule has 7 nitrogen and oxygen atoms in total. The van der Waals surface area contributed by atoms with Gasteiger partial charge in [-0.05, 0) is 35.2 Å². The number of alkyl halides is 3. The summed E-state index contributed by atoms with van der Waals surface area (Å²) in [6.07, 6.45) is -3.89. The van der Waals surface area contributed by atoms with Crippen molar-refractivity contribution >= 4 is 39.1 Å². The lowest BCUT2D eigenvalue weighted by Crippen LogP contribution is -2.53. The van der Waals surface area contributed by atoms with Crippen molar-refractivity contribution < 1.29 is 31.2 Å². The number of nitrogens with one attached hydrogen (secondary N) is 1. The van der Waals surface area contributed by atoms with Crippen LogP contribution in [0.3, 0.4) is 0 Å². The minimum atomic E-state index is -4.78. The van der Waals surface area contributed by atoms with E-state index >= 15 is 0 Å². The van der Waals surface area contributed by atoms with Crippen molar-refractivity contribution in [2.45, 2.75) is 39.0 Å². The first-order valence-corrected chi connectivity index (χ1v) is 15.4. The number of sulfonamides is 1. The molecule has 1 atom stereocenters. The van der Waals surface area contributed by atoms with Crippen LogP contribution in [0, 0.1) is 5.92 Å². The molecule has 0 spiro atoms. The number of anilines is 1. The fraction of sp³-hybridized carbons (Fsp3) is 0.333. The predicted molar refractivity (Wildman–Crippen MR) is 157 cm³/mol. The number of rotatable bonds is 12. The molecule has 0 aliphatic heterocycles. The zero-order valence-electron chi connectivity index (χ0n) is 23.4. The van der Waals surface area contributed by atoms with Gasteiger partial charge in [0.2, 0.25) is 21.8 Å². The largest absolute Gasteiger partial charge is 0.416 e. The van der Waals surface area contributed by atoms with Gasteiger partial charge >= 0.3 is 6.18 Å². The highest BCUT2D eigenvalue weighted by Crippen LogP contribution is 2.36. The fourth-order valence-corrected chi connectivity index (χ4v) is 5.35. The number of amides is 2. The minimum Gasteiger partial charge on any atom is -0.354 e. The van der Waals surface area contributed by atoms with Crippen molar-refractivity contribution in [3.8, 4) is 0 Å². The molecule has 0 fully saturated rings. The molecule has 1 unspecified atom stereocenters. The van der Waals surface area contributed by atoms with Crippen LogP contribution < -0.4 is 9.62 Å². The molecule has 12 heteroatoms. The maximum absolute atomic E-state index is 14.0. The molecular weight excluding hydrogens is 591 g/mol. The van der Waals surface area contributed by atoms with E-state index in [1.54, 1.807) is 54.6 Å². The number of nitrogens with zero attached hydrogens (tertiary/aromatic N) is 2. The van der Waals surface area contributed by atoms with Gasteiger partial charge in [0, 0.05) is 19.5 Å². The molecule has 0 aliphatic carbocycles. The third-order valence-electron chi connectivity index (χ3n) is 6.37. The normalized spacial score (nSPS) is 12.6. The molecule has 42 heavy (non-hydrogen) atoms. The summed E-state index contributed by atoms with van der Waals surface area (Å²) in [5.41, 5.74) is -0.192. The molecule has 1 N–H and O–H groups in total. The van der Waals surface area contributed by atoms with Crippen LogP contribution in [0.5, 0.6) is 0 Å². The van der Waals surface area contributed by atoms with Gasteiger partial charge in [0.1, 0.15) is 12.6 Å². The van der Waals surface area contributed by atoms with Crippen LogP contribution in [-0.2, 0) is 38.8 Å². The van der Waals surface area contributed by atoms with Crippen molar-refractivity contribution in [3.63, 3.8) is 0 Å². The Bertz CT molecular complexity index is 1470. The van der Waals surface area contributed by atoms with E-state index in [4.69, 9.17) is 11.6 Å². The molecular formula is C30H33ClF3N3O4S. The Kier molecular flexibility index (Phi) is 11.0. The highest BCUT2D eigenvalue weighted by atomic mass is 35.5. The zero-order chi connectivity index (χ0) is 31.1. The molecule has 3 rings (SSSR count). The molecule has 3 aromatic rings. The van der Waals surface area contributed by atoms with Gasteiger partial charge in [0.25, 0.3) is 0 Å². The summed E-state index contributed by atoms with van der Waals surface area (Å²) >= 11 is 6.17. The average molecular weight is 624 g/mol. The van der Waals surface area contributed by atoms with Gasteiger partial charge < -0.3 is 10.2 Å². The minimum absolute atomic E-state index is 0.0554. The Balaban J connectivity index is 2.09. The smallest absolute Gasteiger partial charge is 0.354 e. The summed E-state index contributed by atoms with van der Waals surface area (Å²) < 4.78 is 66.8. The van der Waals surface area contributed by atoms with E-state index in [9.17, 15) is 31.2 Å². The molecule has 0 aliphatic rings. The molecule has 3 aromatic carbocycles. The maximum Gasteiger partial charge on any atom is 0.416 e. The standard InChI is InChI=1S/C30H33ClF3N3O4S/c1-21(2)18-35-29(39)27(16-22-10-6-4-7-11-22)36(19-23-12-8-5-9-13-23)28(38)20-37(42(3,40)41)26-17-24(30(32,33)34)14-15-25(26)31/h4-15,17,21,27H,16,18-20H2,1-3H3,(H,35,39). The van der Waals surface area contributed by atoms with Crippen molar-refractivity contribution in [2.75, 3.05) is 23.7 Å². The monoisotopic (exact) mass is 623 g/mol. The van der Waals surface area contributed by atoms with E-state index < -0.39 is 51.9 Å². The predicted octanol–water partition coefficient (Wildman–Crippen LogP) is 5.54. The Hall–Kier alpha value is -3.57. The van der Waals surface area contributed by atoms with Crippen LogP contribution in [0.1, 0.15) is 30.5 Å². The number of hydrogen-bond donors (Lipinski definition) is 1. The van der Waals surface area contributed by atoms with Gasteiger partial charge in [-0.3, -0.25) is 13.9 Å². The Labute approximate surface area is 249 Å². The molecule has 0 bridgehead atoms. The molecule has 0 heterocycles. The lowest BCUT2D eigenvalue weighted by Gasteiger charge is -2.34. The molecule has 0 radical (unpaired) electrons. The van der Waals surface area contributed by atoms with Gasteiger partial charge in [-0.25, -0.2) is 8.42 Å². The maximum atomic E-state index is 14.0. The van der Waals surface area contributed by atoms with Crippen LogP contribution in [-0.4, -0.2) is 50.5 Å². The number of carbonyl (C=O) groups is 2. The SMILES string of the molecule is CC(C)CNC(=O)C(Cc1ccccc1)N(Cc1ccccc1)C(=O)CN(c1cc(C(F)(F)F)ccc1Cl)S(C)(=O)=O. The van der Waals surface area contributed by atoms with E-state index in [1.807, 2.05) is 19.9 Å². The van der Waals surface area contributed by atoms with Gasteiger partial charge in [-0.2, -0.15) is 13.2 Å². The first-order valence-electron chi connectivity index (χ1n) is 13.2. The van der Waals surface area contributed by atoms with Crippen LogP contribution in [0.2, 0.25) is 5.02 Å². The van der Waals surface area contributed by atoms with Crippen molar-refractivity contribution in [1.82, 2.24) is 10.2 Å². The average Bonchev–Trinajstić information content (AvgIpc) is 2.92. The summed E-state index contributed by atoms with van der Waals surface area (Å²) in [4.78, 5) is 28.8. The summed E-state index contributed by atoms with van der Waals surface area (Å²) in [5, 5.41) is 2.58. The second-order valence-corrected chi connectivity index (χ2v) is 12.6. The highest BCUT2D eigenvalue weighted by Gasteiger charge is 2.35. The zero-order valence-corrected chi connectivity index (χ0v) is 25.0. The van der Waals surface area contributed by atoms with Crippen molar-refractivity contribution in [1.29, 1.82) is 0 Å². The summed E-state index contributed by atoms with van der Waals surface area (Å²) in [7, 11) is -4.30. The van der Waals surface area contributed by atoms with E-state index in [2.05, 4.69) is 5.32 Å². The molecule has 0 saturated heterocycles. The Morgan fingerprint density at radius 3 is 2.02 bits per heavy atom. The Morgan fingerprint density at radius 2 is 1.50 bits per heavy atom. The van der Waals surface area contributed by atoms with E-state index in [1.165, 1.54) is 4.90 Å². The third kappa shape index (κ3) is 9.22. The first-order chi connectivity index (χ1) is 19.7. The van der Waals surface area contributed by atoms with E-state index in [0.29, 0.717) is 22.5 Å². The highest BCUT2D eigenvalue weighted by molar-refractivity contribution is 7.92. The topological polar surface area (TPSA) is 86.8 Å². The summed E-state index contributed by atoms with van der Waals surface area (Å²) in [6.45, 7) is 3.24. The number of halogens is 4. The lowest BCUT2D eigenvalue weighted by molar-refractivity contribution is -0.140. The molecule has 0 aromatic heterocycles. The van der Waals surface area contributed by atoms with Crippen LogP contribution in [0.15, 0.2) is 78.9 Å². The molecule has 0 saturated carbocycles. The van der Waals surface area contributed by atoms with Crippen molar-refractivity contribution in [2.24, 2.45) is 5.92 Å². The summed E-state index contributed by atoms with van der Waals surface area (Å²) in [6, 6.07) is 19.0. The van der Waals surface area contributed by atoms with Crippen LogP contribution in [0.4, 0.5) is 18.9 Å². The molecule has 226 valence electrons. The van der Waals surface area contributed by atoms with Gasteiger partial charge in [-0.1, -0.05) is 86.1 Å². The number of hydrogen-bond acceptors (Lipinski definition) is 4. The fourth-order valence-electron chi connectivity index (χ4n) is 4.23. The quantitative estimate of drug-likeness (QED) is 0.287. The van der Waals surface area contributed by atoms with E-state index in [-0.39, 0.29) is 23.9 Å². The number of benzene rings is 3. The number of carbonyl (C=O) groups excluding carboxylic acids is 2. The second kappa shape index (κ2) is 14.1. The van der Waals surface area contributed by atoms with Crippen LogP contribution >= 0.6 is 11.6 Å². The molecule has 2 amide bonds. The van der Waals surface area contributed by atoms with Crippen LogP contribution in [0.25, 0.3) is 0 Å². The second-order valence-electron chi connectivity index (χ2n) is 10.3. The lowest BCUT2D eigenvalue weighted by atomic mass is 10.0. The van der Waals surface area contributed by atoms with Crippen molar-refractivity contribution in [3.05, 3.63) is 101 Å². The third-order valence-corrected chi connectivity index (χ3v) is 7.82. The Morgan fingerprint density at radius 1 is 0.929 bits per heavy atom. The van der Waals surface area contributed by atoms with E-state index in [0.717, 1.165) is 24.0 Å². The van der Waals surface area contributed by atoms with Gasteiger partial charge in [-0.15, -0.1) is 0 Å². The summed E-state index contributed by atoms with van der Waals surface area (Å²) in [5.74, 6) is -1.12.